The summed E-state index contributed by atoms with van der Waals surface area (Å²) in [5.74, 6) is -0.528. The Morgan fingerprint density at radius 2 is 1.74 bits per heavy atom. The lowest BCUT2D eigenvalue weighted by molar-refractivity contribution is -0.139. The van der Waals surface area contributed by atoms with Crippen LogP contribution in [0.15, 0.2) is 42.5 Å². The lowest BCUT2D eigenvalue weighted by Gasteiger charge is -2.32. The molecule has 8 nitrogen and oxygen atoms in total. The maximum Gasteiger partial charge on any atom is 0.244 e. The molecule has 0 bridgehead atoms. The van der Waals surface area contributed by atoms with Crippen LogP contribution in [0.5, 0.6) is 5.75 Å². The number of rotatable bonds is 11. The summed E-state index contributed by atoms with van der Waals surface area (Å²) in [6, 6.07) is 10.4. The van der Waals surface area contributed by atoms with Gasteiger partial charge in [0, 0.05) is 34.8 Å². The zero-order valence-corrected chi connectivity index (χ0v) is 21.9. The van der Waals surface area contributed by atoms with E-state index in [0.29, 0.717) is 27.9 Å². The number of hydrogen-bond donors (Lipinski definition) is 1. The van der Waals surface area contributed by atoms with Gasteiger partial charge in [-0.15, -0.1) is 0 Å². The molecule has 0 heterocycles. The van der Waals surface area contributed by atoms with Gasteiger partial charge in [0.25, 0.3) is 0 Å². The van der Waals surface area contributed by atoms with Gasteiger partial charge in [-0.1, -0.05) is 42.3 Å². The minimum Gasteiger partial charge on any atom is -0.497 e. The van der Waals surface area contributed by atoms with Crippen LogP contribution in [-0.2, 0) is 26.2 Å². The Bertz CT molecular complexity index is 1110. The van der Waals surface area contributed by atoms with Gasteiger partial charge >= 0.3 is 0 Å². The summed E-state index contributed by atoms with van der Waals surface area (Å²) >= 11 is 12.6. The van der Waals surface area contributed by atoms with Gasteiger partial charge in [0.1, 0.15) is 18.3 Å². The molecule has 0 saturated heterocycles. The fourth-order valence-corrected chi connectivity index (χ4v) is 4.57. The molecule has 0 spiro atoms. The Morgan fingerprint density at radius 3 is 2.29 bits per heavy atom. The van der Waals surface area contributed by atoms with Crippen LogP contribution in [0.3, 0.4) is 0 Å². The molecule has 2 amide bonds. The fraction of sp³-hybridized carbons (Fsp3) is 0.391. The molecule has 34 heavy (non-hydrogen) atoms. The molecule has 1 N–H and O–H groups in total. The minimum absolute atomic E-state index is 0.0756. The molecule has 2 aromatic rings. The van der Waals surface area contributed by atoms with Crippen molar-refractivity contribution < 1.29 is 22.7 Å². The highest BCUT2D eigenvalue weighted by molar-refractivity contribution is 7.92. The molecule has 0 aliphatic carbocycles. The molecular formula is C23H29Cl2N3O5S. The highest BCUT2D eigenvalue weighted by Crippen LogP contribution is 2.28. The van der Waals surface area contributed by atoms with E-state index in [4.69, 9.17) is 27.9 Å². The Morgan fingerprint density at radius 1 is 1.12 bits per heavy atom. The molecule has 2 aromatic carbocycles. The van der Waals surface area contributed by atoms with Crippen LogP contribution in [0, 0.1) is 0 Å². The van der Waals surface area contributed by atoms with Gasteiger partial charge in [-0.05, 0) is 37.6 Å². The third-order valence-corrected chi connectivity index (χ3v) is 6.98. The molecule has 0 aromatic heterocycles. The number of anilines is 1. The summed E-state index contributed by atoms with van der Waals surface area (Å²) in [4.78, 5) is 27.5. The number of nitrogens with zero attached hydrogens (tertiary/aromatic N) is 2. The number of methoxy groups -OCH3 is 1. The van der Waals surface area contributed by atoms with Crippen molar-refractivity contribution in [2.24, 2.45) is 0 Å². The summed E-state index contributed by atoms with van der Waals surface area (Å²) in [6.07, 6.45) is 1.73. The molecule has 0 aliphatic rings. The zero-order valence-electron chi connectivity index (χ0n) is 19.5. The van der Waals surface area contributed by atoms with Crippen LogP contribution < -0.4 is 14.4 Å². The molecule has 1 atom stereocenters. The molecule has 2 rings (SSSR count). The van der Waals surface area contributed by atoms with Crippen molar-refractivity contribution in [2.75, 3.05) is 30.8 Å². The maximum atomic E-state index is 13.5. The van der Waals surface area contributed by atoms with Gasteiger partial charge < -0.3 is 15.0 Å². The lowest BCUT2D eigenvalue weighted by atomic mass is 10.1. The van der Waals surface area contributed by atoms with Crippen molar-refractivity contribution in [2.45, 2.75) is 32.9 Å². The lowest BCUT2D eigenvalue weighted by Crippen LogP contribution is -2.51. The first kappa shape index (κ1) is 27.8. The number of benzene rings is 2. The number of hydrogen-bond acceptors (Lipinski definition) is 5. The number of nitrogens with one attached hydrogen (secondary N) is 1. The summed E-state index contributed by atoms with van der Waals surface area (Å²) in [5, 5.41) is 3.43. The number of carbonyl (C=O) groups excluding carboxylic acids is 2. The summed E-state index contributed by atoms with van der Waals surface area (Å²) in [6.45, 7) is 3.32. The van der Waals surface area contributed by atoms with Crippen molar-refractivity contribution >= 4 is 50.7 Å². The van der Waals surface area contributed by atoms with Crippen LogP contribution in [-0.4, -0.2) is 57.6 Å². The summed E-state index contributed by atoms with van der Waals surface area (Å²) in [5.41, 5.74) is 0.718. The van der Waals surface area contributed by atoms with E-state index in [1.807, 2.05) is 6.92 Å². The van der Waals surface area contributed by atoms with Crippen LogP contribution in [0.25, 0.3) is 0 Å². The van der Waals surface area contributed by atoms with Crippen molar-refractivity contribution in [3.63, 3.8) is 0 Å². The topological polar surface area (TPSA) is 96.0 Å². The van der Waals surface area contributed by atoms with E-state index in [-0.39, 0.29) is 18.1 Å². The maximum absolute atomic E-state index is 13.5. The van der Waals surface area contributed by atoms with Gasteiger partial charge in [-0.2, -0.15) is 0 Å². The first-order chi connectivity index (χ1) is 16.0. The van der Waals surface area contributed by atoms with Crippen molar-refractivity contribution in [1.29, 1.82) is 0 Å². The second kappa shape index (κ2) is 12.3. The Hall–Kier alpha value is -2.49. The van der Waals surface area contributed by atoms with E-state index in [1.54, 1.807) is 43.3 Å². The molecule has 11 heteroatoms. The van der Waals surface area contributed by atoms with Crippen LogP contribution in [0.2, 0.25) is 10.0 Å². The van der Waals surface area contributed by atoms with E-state index in [0.717, 1.165) is 17.0 Å². The molecule has 0 aliphatic heterocycles. The SMILES string of the molecule is CCCNC(=O)C(C)N(Cc1c(Cl)cccc1Cl)C(=O)CN(c1cccc(OC)c1)S(C)(=O)=O. The molecule has 0 fully saturated rings. The quantitative estimate of drug-likeness (QED) is 0.478. The predicted octanol–water partition coefficient (Wildman–Crippen LogP) is 3.71. The second-order valence-corrected chi connectivity index (χ2v) is 10.4. The van der Waals surface area contributed by atoms with Gasteiger partial charge in [0.15, 0.2) is 0 Å². The highest BCUT2D eigenvalue weighted by Gasteiger charge is 2.31. The Kier molecular flexibility index (Phi) is 10.0. The van der Waals surface area contributed by atoms with E-state index in [9.17, 15) is 18.0 Å². The van der Waals surface area contributed by atoms with Gasteiger partial charge in [-0.3, -0.25) is 13.9 Å². The third-order valence-electron chi connectivity index (χ3n) is 5.13. The van der Waals surface area contributed by atoms with E-state index >= 15 is 0 Å². The largest absolute Gasteiger partial charge is 0.497 e. The molecular weight excluding hydrogens is 501 g/mol. The van der Waals surface area contributed by atoms with Crippen molar-refractivity contribution in [3.05, 3.63) is 58.1 Å². The van der Waals surface area contributed by atoms with Crippen LogP contribution in [0.4, 0.5) is 5.69 Å². The number of ether oxygens (including phenoxy) is 1. The van der Waals surface area contributed by atoms with Crippen molar-refractivity contribution in [1.82, 2.24) is 10.2 Å². The van der Waals surface area contributed by atoms with Crippen LogP contribution >= 0.6 is 23.2 Å². The van der Waals surface area contributed by atoms with Gasteiger partial charge in [0.2, 0.25) is 21.8 Å². The number of sulfonamides is 1. The highest BCUT2D eigenvalue weighted by atomic mass is 35.5. The fourth-order valence-electron chi connectivity index (χ4n) is 3.21. The van der Waals surface area contributed by atoms with E-state index in [2.05, 4.69) is 5.32 Å². The number of amides is 2. The standard InChI is InChI=1S/C23H29Cl2N3O5S/c1-5-12-26-23(30)16(2)27(14-19-20(24)10-7-11-21(19)25)22(29)15-28(34(4,31)32)17-8-6-9-18(13-17)33-3/h6-11,13,16H,5,12,14-15H2,1-4H3,(H,26,30). The molecule has 0 saturated carbocycles. The molecule has 186 valence electrons. The summed E-state index contributed by atoms with van der Waals surface area (Å²) in [7, 11) is -2.38. The Balaban J connectivity index is 2.44. The predicted molar refractivity (Wildman–Crippen MR) is 135 cm³/mol. The summed E-state index contributed by atoms with van der Waals surface area (Å²) < 4.78 is 31.3. The Labute approximate surface area is 210 Å². The normalized spacial score (nSPS) is 12.1. The monoisotopic (exact) mass is 529 g/mol. The van der Waals surface area contributed by atoms with E-state index in [1.165, 1.54) is 18.1 Å². The van der Waals surface area contributed by atoms with Crippen molar-refractivity contribution in [3.8, 4) is 5.75 Å². The van der Waals surface area contributed by atoms with Gasteiger partial charge in [0.05, 0.1) is 19.1 Å². The van der Waals surface area contributed by atoms with Crippen LogP contribution in [0.1, 0.15) is 25.8 Å². The average molecular weight is 530 g/mol. The smallest absolute Gasteiger partial charge is 0.244 e. The third kappa shape index (κ3) is 7.25. The average Bonchev–Trinajstić information content (AvgIpc) is 2.79. The van der Waals surface area contributed by atoms with Gasteiger partial charge in [-0.25, -0.2) is 8.42 Å². The zero-order chi connectivity index (χ0) is 25.5. The number of halogens is 2. The minimum atomic E-state index is -3.84. The van der Waals surface area contributed by atoms with E-state index < -0.39 is 28.5 Å². The first-order valence-corrected chi connectivity index (χ1v) is 13.2. The number of carbonyl (C=O) groups is 2. The molecule has 1 unspecified atom stereocenters. The molecule has 0 radical (unpaired) electrons. The second-order valence-electron chi connectivity index (χ2n) is 7.66. The first-order valence-electron chi connectivity index (χ1n) is 10.6.